The summed E-state index contributed by atoms with van der Waals surface area (Å²) in [5.74, 6) is -0.0583. The molecule has 0 radical (unpaired) electrons. The van der Waals surface area contributed by atoms with E-state index in [1.165, 1.54) is 4.90 Å². The Morgan fingerprint density at radius 1 is 1.33 bits per heavy atom. The first-order valence-electron chi connectivity index (χ1n) is 7.49. The minimum absolute atomic E-state index is 0.0583. The molecular formula is C14H17F3N6O. The standard InChI is InChI=1S/C14H17F3N6O/c1-9(2)23-7-11(20-21-23)13(24)4-6-22(8-13)12-18-5-3-10(19-12)14(15,16)17/h3,5,7,9,24H,4,6,8H2,1-2H3/t13-/m1/s1. The van der Waals surface area contributed by atoms with E-state index in [-0.39, 0.29) is 18.5 Å². The molecule has 130 valence electrons. The molecule has 1 aliphatic heterocycles. The van der Waals surface area contributed by atoms with Crippen LogP contribution in [0.4, 0.5) is 19.1 Å². The summed E-state index contributed by atoms with van der Waals surface area (Å²) in [6.45, 7) is 4.25. The molecular weight excluding hydrogens is 325 g/mol. The van der Waals surface area contributed by atoms with Crippen LogP contribution in [0.5, 0.6) is 0 Å². The van der Waals surface area contributed by atoms with E-state index in [0.717, 1.165) is 12.3 Å². The highest BCUT2D eigenvalue weighted by Crippen LogP contribution is 2.34. The minimum Gasteiger partial charge on any atom is -0.381 e. The van der Waals surface area contributed by atoms with Crippen LogP contribution in [0.15, 0.2) is 18.5 Å². The van der Waals surface area contributed by atoms with Gasteiger partial charge in [0.15, 0.2) is 0 Å². The van der Waals surface area contributed by atoms with E-state index in [9.17, 15) is 18.3 Å². The van der Waals surface area contributed by atoms with Crippen molar-refractivity contribution in [1.29, 1.82) is 0 Å². The second-order valence-electron chi connectivity index (χ2n) is 6.12. The monoisotopic (exact) mass is 342 g/mol. The summed E-state index contributed by atoms with van der Waals surface area (Å²) in [5.41, 5.74) is -1.90. The molecule has 3 rings (SSSR count). The van der Waals surface area contributed by atoms with Gasteiger partial charge in [-0.15, -0.1) is 5.10 Å². The number of hydrogen-bond acceptors (Lipinski definition) is 6. The lowest BCUT2D eigenvalue weighted by Gasteiger charge is -2.21. The lowest BCUT2D eigenvalue weighted by Crippen LogP contribution is -2.32. The van der Waals surface area contributed by atoms with Gasteiger partial charge < -0.3 is 10.0 Å². The number of halogens is 3. The van der Waals surface area contributed by atoms with E-state index in [0.29, 0.717) is 18.7 Å². The van der Waals surface area contributed by atoms with Crippen LogP contribution in [0.3, 0.4) is 0 Å². The van der Waals surface area contributed by atoms with Crippen LogP contribution in [0.1, 0.15) is 37.7 Å². The Labute approximate surface area is 136 Å². The average Bonchev–Trinajstić information content (AvgIpc) is 3.14. The fourth-order valence-corrected chi connectivity index (χ4v) is 2.57. The minimum atomic E-state index is -4.53. The predicted molar refractivity (Wildman–Crippen MR) is 78.2 cm³/mol. The second-order valence-corrected chi connectivity index (χ2v) is 6.12. The fraction of sp³-hybridized carbons (Fsp3) is 0.571. The molecule has 7 nitrogen and oxygen atoms in total. The van der Waals surface area contributed by atoms with Crippen molar-refractivity contribution in [2.75, 3.05) is 18.0 Å². The Balaban J connectivity index is 1.82. The molecule has 0 spiro atoms. The third kappa shape index (κ3) is 3.05. The first kappa shape index (κ1) is 16.6. The van der Waals surface area contributed by atoms with Crippen molar-refractivity contribution >= 4 is 5.95 Å². The summed E-state index contributed by atoms with van der Waals surface area (Å²) >= 11 is 0. The summed E-state index contributed by atoms with van der Waals surface area (Å²) in [5, 5.41) is 18.7. The maximum absolute atomic E-state index is 12.8. The van der Waals surface area contributed by atoms with Crippen molar-refractivity contribution in [2.45, 2.75) is 38.1 Å². The first-order valence-corrected chi connectivity index (χ1v) is 7.49. The van der Waals surface area contributed by atoms with Crippen LogP contribution >= 0.6 is 0 Å². The number of alkyl halides is 3. The molecule has 0 aliphatic carbocycles. The summed E-state index contributed by atoms with van der Waals surface area (Å²) in [4.78, 5) is 8.96. The van der Waals surface area contributed by atoms with E-state index >= 15 is 0 Å². The molecule has 0 unspecified atom stereocenters. The van der Waals surface area contributed by atoms with Crippen LogP contribution in [0.25, 0.3) is 0 Å². The number of anilines is 1. The summed E-state index contributed by atoms with van der Waals surface area (Å²) in [6, 6.07) is 0.916. The Kier molecular flexibility index (Phi) is 3.94. The van der Waals surface area contributed by atoms with Gasteiger partial charge in [-0.05, 0) is 19.9 Å². The molecule has 24 heavy (non-hydrogen) atoms. The van der Waals surface area contributed by atoms with Crippen molar-refractivity contribution in [1.82, 2.24) is 25.0 Å². The maximum Gasteiger partial charge on any atom is 0.433 e. The molecule has 3 heterocycles. The lowest BCUT2D eigenvalue weighted by molar-refractivity contribution is -0.141. The number of aromatic nitrogens is 5. The molecule has 1 fully saturated rings. The largest absolute Gasteiger partial charge is 0.433 e. The Morgan fingerprint density at radius 3 is 2.71 bits per heavy atom. The van der Waals surface area contributed by atoms with Gasteiger partial charge in [0.2, 0.25) is 5.95 Å². The zero-order valence-electron chi connectivity index (χ0n) is 13.2. The zero-order chi connectivity index (χ0) is 17.5. The Hall–Kier alpha value is -2.23. The van der Waals surface area contributed by atoms with Crippen molar-refractivity contribution in [3.8, 4) is 0 Å². The van der Waals surface area contributed by atoms with Gasteiger partial charge in [0, 0.05) is 25.2 Å². The van der Waals surface area contributed by atoms with Crippen molar-refractivity contribution in [3.05, 3.63) is 29.8 Å². The molecule has 1 N–H and O–H groups in total. The molecule has 1 saturated heterocycles. The average molecular weight is 342 g/mol. The SMILES string of the molecule is CC(C)n1cc([C@@]2(O)CCN(c3nccc(C(F)(F)F)n3)C2)nn1. The van der Waals surface area contributed by atoms with Crippen LogP contribution in [-0.4, -0.2) is 43.2 Å². The lowest BCUT2D eigenvalue weighted by atomic mass is 10.00. The van der Waals surface area contributed by atoms with Crippen LogP contribution in [0, 0.1) is 0 Å². The quantitative estimate of drug-likeness (QED) is 0.916. The van der Waals surface area contributed by atoms with E-state index in [1.54, 1.807) is 10.9 Å². The molecule has 0 amide bonds. The number of rotatable bonds is 3. The molecule has 1 atom stereocenters. The molecule has 2 aromatic rings. The normalized spacial score (nSPS) is 21.7. The molecule has 2 aromatic heterocycles. The predicted octanol–water partition coefficient (Wildman–Crippen LogP) is 1.77. The number of β-amino-alcohol motifs (C(OH)–C–C–N with tert-alkyl or cyclic N) is 1. The topological polar surface area (TPSA) is 80.0 Å². The highest BCUT2D eigenvalue weighted by atomic mass is 19.4. The number of nitrogens with zero attached hydrogens (tertiary/aromatic N) is 6. The van der Waals surface area contributed by atoms with Gasteiger partial charge in [0.1, 0.15) is 17.0 Å². The van der Waals surface area contributed by atoms with Crippen molar-refractivity contribution in [3.63, 3.8) is 0 Å². The molecule has 0 aromatic carbocycles. The van der Waals surface area contributed by atoms with E-state index in [1.807, 2.05) is 13.8 Å². The van der Waals surface area contributed by atoms with Crippen LogP contribution in [-0.2, 0) is 11.8 Å². The number of hydrogen-bond donors (Lipinski definition) is 1. The van der Waals surface area contributed by atoms with Gasteiger partial charge in [-0.2, -0.15) is 13.2 Å². The fourth-order valence-electron chi connectivity index (χ4n) is 2.57. The van der Waals surface area contributed by atoms with Gasteiger partial charge in [0.25, 0.3) is 0 Å². The smallest absolute Gasteiger partial charge is 0.381 e. The molecule has 10 heteroatoms. The molecule has 1 aliphatic rings. The van der Waals surface area contributed by atoms with E-state index < -0.39 is 17.5 Å². The van der Waals surface area contributed by atoms with Gasteiger partial charge in [-0.25, -0.2) is 14.6 Å². The Morgan fingerprint density at radius 2 is 2.08 bits per heavy atom. The third-order valence-electron chi connectivity index (χ3n) is 3.98. The van der Waals surface area contributed by atoms with Gasteiger partial charge in [-0.3, -0.25) is 0 Å². The highest BCUT2D eigenvalue weighted by molar-refractivity contribution is 5.35. The van der Waals surface area contributed by atoms with E-state index in [4.69, 9.17) is 0 Å². The van der Waals surface area contributed by atoms with Gasteiger partial charge in [0.05, 0.1) is 12.7 Å². The van der Waals surface area contributed by atoms with Crippen molar-refractivity contribution in [2.24, 2.45) is 0 Å². The molecule has 0 bridgehead atoms. The van der Waals surface area contributed by atoms with Gasteiger partial charge in [-0.1, -0.05) is 5.21 Å². The second kappa shape index (κ2) is 5.69. The van der Waals surface area contributed by atoms with Crippen molar-refractivity contribution < 1.29 is 18.3 Å². The highest BCUT2D eigenvalue weighted by Gasteiger charge is 2.42. The Bertz CT molecular complexity index is 731. The zero-order valence-corrected chi connectivity index (χ0v) is 13.2. The first-order chi connectivity index (χ1) is 11.2. The van der Waals surface area contributed by atoms with Crippen LogP contribution < -0.4 is 4.90 Å². The summed E-state index contributed by atoms with van der Waals surface area (Å²) in [7, 11) is 0. The number of aliphatic hydroxyl groups is 1. The maximum atomic E-state index is 12.8. The van der Waals surface area contributed by atoms with E-state index in [2.05, 4.69) is 20.3 Å². The third-order valence-corrected chi connectivity index (χ3v) is 3.98. The summed E-state index contributed by atoms with van der Waals surface area (Å²) < 4.78 is 39.9. The molecule has 0 saturated carbocycles. The van der Waals surface area contributed by atoms with Gasteiger partial charge >= 0.3 is 6.18 Å². The summed E-state index contributed by atoms with van der Waals surface area (Å²) in [6.07, 6.45) is -1.50. The van der Waals surface area contributed by atoms with Crippen LogP contribution in [0.2, 0.25) is 0 Å².